The van der Waals surface area contributed by atoms with Crippen LogP contribution in [0.4, 0.5) is 0 Å². The first kappa shape index (κ1) is 11.9. The highest BCUT2D eigenvalue weighted by Crippen LogP contribution is 2.30. The molecule has 76 valence electrons. The van der Waals surface area contributed by atoms with Crippen LogP contribution >= 0.6 is 35.7 Å². The molecule has 4 heteroatoms. The standard InChI is InChI=1S/C10H12OS3/c1-3-11-10(12)14-9-7-5-4-6-8(9)13-2/h4-7H,3H2,1-2H3. The molecule has 0 bridgehead atoms. The van der Waals surface area contributed by atoms with E-state index in [1.807, 2.05) is 19.1 Å². The van der Waals surface area contributed by atoms with Crippen LogP contribution < -0.4 is 0 Å². The van der Waals surface area contributed by atoms with Crippen LogP contribution in [0.2, 0.25) is 0 Å². The summed E-state index contributed by atoms with van der Waals surface area (Å²) in [5.74, 6) is 0. The molecule has 0 heterocycles. The molecule has 0 aliphatic carbocycles. The molecule has 0 spiro atoms. The fourth-order valence-electron chi connectivity index (χ4n) is 0.940. The highest BCUT2D eigenvalue weighted by Gasteiger charge is 2.04. The second kappa shape index (κ2) is 6.32. The molecule has 0 fully saturated rings. The summed E-state index contributed by atoms with van der Waals surface area (Å²) in [5.41, 5.74) is 0. The van der Waals surface area contributed by atoms with E-state index < -0.39 is 0 Å². The second-order valence-electron chi connectivity index (χ2n) is 2.44. The largest absolute Gasteiger partial charge is 0.479 e. The van der Waals surface area contributed by atoms with Crippen LogP contribution in [0.25, 0.3) is 0 Å². The van der Waals surface area contributed by atoms with E-state index in [1.165, 1.54) is 21.6 Å². The molecule has 0 amide bonds. The van der Waals surface area contributed by atoms with Crippen LogP contribution in [0.15, 0.2) is 34.1 Å². The van der Waals surface area contributed by atoms with Crippen LogP contribution in [0.5, 0.6) is 0 Å². The molecule has 0 unspecified atom stereocenters. The molecule has 1 aromatic carbocycles. The monoisotopic (exact) mass is 244 g/mol. The Balaban J connectivity index is 2.70. The average molecular weight is 244 g/mol. The van der Waals surface area contributed by atoms with E-state index in [2.05, 4.69) is 18.4 Å². The molecule has 0 aliphatic rings. The van der Waals surface area contributed by atoms with Crippen molar-refractivity contribution in [1.29, 1.82) is 0 Å². The summed E-state index contributed by atoms with van der Waals surface area (Å²) in [6, 6.07) is 8.18. The van der Waals surface area contributed by atoms with Gasteiger partial charge >= 0.3 is 0 Å². The summed E-state index contributed by atoms with van der Waals surface area (Å²) in [6.07, 6.45) is 2.06. The summed E-state index contributed by atoms with van der Waals surface area (Å²) in [4.78, 5) is 2.40. The van der Waals surface area contributed by atoms with Gasteiger partial charge in [-0.1, -0.05) is 12.1 Å². The molecule has 0 saturated heterocycles. The van der Waals surface area contributed by atoms with E-state index >= 15 is 0 Å². The van der Waals surface area contributed by atoms with Crippen LogP contribution in [0.3, 0.4) is 0 Å². The van der Waals surface area contributed by atoms with Gasteiger partial charge in [0.1, 0.15) is 0 Å². The maximum atomic E-state index is 5.23. The van der Waals surface area contributed by atoms with Gasteiger partial charge in [0, 0.05) is 9.79 Å². The first-order chi connectivity index (χ1) is 6.77. The third-order valence-corrected chi connectivity index (χ3v) is 3.68. The van der Waals surface area contributed by atoms with Gasteiger partial charge in [0.25, 0.3) is 0 Å². The summed E-state index contributed by atoms with van der Waals surface area (Å²) < 4.78 is 5.82. The van der Waals surface area contributed by atoms with Crippen molar-refractivity contribution in [3.8, 4) is 0 Å². The van der Waals surface area contributed by atoms with Gasteiger partial charge in [-0.15, -0.1) is 11.8 Å². The molecule has 0 aliphatic heterocycles. The van der Waals surface area contributed by atoms with Gasteiger partial charge in [0.05, 0.1) is 6.61 Å². The second-order valence-corrected chi connectivity index (χ2v) is 4.93. The van der Waals surface area contributed by atoms with Crippen molar-refractivity contribution in [2.75, 3.05) is 12.9 Å². The highest BCUT2D eigenvalue weighted by molar-refractivity contribution is 8.22. The minimum Gasteiger partial charge on any atom is -0.479 e. The molecule has 1 rings (SSSR count). The normalized spacial score (nSPS) is 9.86. The molecule has 14 heavy (non-hydrogen) atoms. The van der Waals surface area contributed by atoms with Gasteiger partial charge < -0.3 is 4.74 Å². The molecular weight excluding hydrogens is 232 g/mol. The number of thioether (sulfide) groups is 2. The quantitative estimate of drug-likeness (QED) is 0.590. The summed E-state index contributed by atoms with van der Waals surface area (Å²) in [6.45, 7) is 2.57. The molecule has 0 atom stereocenters. The molecule has 0 radical (unpaired) electrons. The van der Waals surface area contributed by atoms with E-state index in [0.29, 0.717) is 11.0 Å². The Labute approximate surface area is 98.6 Å². The minimum atomic E-state index is 0.592. The van der Waals surface area contributed by atoms with Crippen molar-refractivity contribution >= 4 is 40.1 Å². The first-order valence-corrected chi connectivity index (χ1v) is 6.70. The fraction of sp³-hybridized carbons (Fsp3) is 0.300. The summed E-state index contributed by atoms with van der Waals surface area (Å²) >= 11 is 8.30. The number of thiocarbonyl (C=S) groups is 1. The maximum Gasteiger partial charge on any atom is 0.224 e. The molecule has 1 nitrogen and oxygen atoms in total. The third kappa shape index (κ3) is 3.52. The lowest BCUT2D eigenvalue weighted by atomic mass is 10.4. The van der Waals surface area contributed by atoms with Crippen molar-refractivity contribution in [2.24, 2.45) is 0 Å². The highest BCUT2D eigenvalue weighted by atomic mass is 32.2. The number of hydrogen-bond donors (Lipinski definition) is 0. The maximum absolute atomic E-state index is 5.23. The van der Waals surface area contributed by atoms with Gasteiger partial charge in [-0.2, -0.15) is 0 Å². The topological polar surface area (TPSA) is 9.23 Å². The zero-order valence-electron chi connectivity index (χ0n) is 8.15. The average Bonchev–Trinajstić information content (AvgIpc) is 2.19. The molecule has 0 aromatic heterocycles. The van der Waals surface area contributed by atoms with E-state index in [1.54, 1.807) is 11.8 Å². The third-order valence-electron chi connectivity index (χ3n) is 1.52. The SMILES string of the molecule is CCOC(=S)Sc1ccccc1SC. The molecule has 0 saturated carbocycles. The first-order valence-electron chi connectivity index (χ1n) is 4.25. The van der Waals surface area contributed by atoms with Crippen LogP contribution in [-0.4, -0.2) is 17.2 Å². The van der Waals surface area contributed by atoms with E-state index in [0.717, 1.165) is 0 Å². The fourth-order valence-corrected chi connectivity index (χ4v) is 2.86. The number of benzene rings is 1. The van der Waals surface area contributed by atoms with E-state index in [-0.39, 0.29) is 0 Å². The Morgan fingerprint density at radius 2 is 2.00 bits per heavy atom. The predicted octanol–water partition coefficient (Wildman–Crippen LogP) is 3.82. The van der Waals surface area contributed by atoms with Crippen molar-refractivity contribution in [1.82, 2.24) is 0 Å². The Kier molecular flexibility index (Phi) is 5.37. The van der Waals surface area contributed by atoms with E-state index in [4.69, 9.17) is 17.0 Å². The Hall–Kier alpha value is -0.190. The summed E-state index contributed by atoms with van der Waals surface area (Å²) in [7, 11) is 0. The van der Waals surface area contributed by atoms with Gasteiger partial charge in [-0.05, 0) is 49.3 Å². The Morgan fingerprint density at radius 1 is 1.36 bits per heavy atom. The van der Waals surface area contributed by atoms with Crippen molar-refractivity contribution in [2.45, 2.75) is 16.7 Å². The van der Waals surface area contributed by atoms with Crippen molar-refractivity contribution in [3.05, 3.63) is 24.3 Å². The lowest BCUT2D eigenvalue weighted by Crippen LogP contribution is -1.95. The minimum absolute atomic E-state index is 0.592. The number of hydrogen-bond acceptors (Lipinski definition) is 4. The lowest BCUT2D eigenvalue weighted by Gasteiger charge is -2.07. The summed E-state index contributed by atoms with van der Waals surface area (Å²) in [5, 5.41) is 0. The van der Waals surface area contributed by atoms with Crippen molar-refractivity contribution < 1.29 is 4.74 Å². The van der Waals surface area contributed by atoms with Crippen LogP contribution in [0, 0.1) is 0 Å². The smallest absolute Gasteiger partial charge is 0.224 e. The van der Waals surface area contributed by atoms with E-state index in [9.17, 15) is 0 Å². The van der Waals surface area contributed by atoms with Crippen LogP contribution in [0.1, 0.15) is 6.92 Å². The molecule has 0 N–H and O–H groups in total. The van der Waals surface area contributed by atoms with Crippen molar-refractivity contribution in [3.63, 3.8) is 0 Å². The zero-order chi connectivity index (χ0) is 10.4. The van der Waals surface area contributed by atoms with Crippen LogP contribution in [-0.2, 0) is 4.74 Å². The number of ether oxygens (including phenoxy) is 1. The number of rotatable bonds is 3. The Bertz CT molecular complexity index is 312. The predicted molar refractivity (Wildman–Crippen MR) is 68.3 cm³/mol. The lowest BCUT2D eigenvalue weighted by molar-refractivity contribution is 0.346. The molecular formula is C10H12OS3. The van der Waals surface area contributed by atoms with Gasteiger partial charge in [0.2, 0.25) is 4.38 Å². The zero-order valence-corrected chi connectivity index (χ0v) is 10.6. The Morgan fingerprint density at radius 3 is 2.57 bits per heavy atom. The van der Waals surface area contributed by atoms with Gasteiger partial charge in [0.15, 0.2) is 0 Å². The molecule has 1 aromatic rings. The van der Waals surface area contributed by atoms with Gasteiger partial charge in [-0.25, -0.2) is 0 Å². The van der Waals surface area contributed by atoms with Gasteiger partial charge in [-0.3, -0.25) is 0 Å².